The van der Waals surface area contributed by atoms with Gasteiger partial charge in [0.15, 0.2) is 0 Å². The normalized spacial score (nSPS) is 10.7. The number of carbonyl (C=O) groups is 1. The highest BCUT2D eigenvalue weighted by Gasteiger charge is 2.20. The number of anilines is 1. The largest absolute Gasteiger partial charge is 0.398 e. The Morgan fingerprint density at radius 1 is 1.29 bits per heavy atom. The minimum Gasteiger partial charge on any atom is -0.398 e. The van der Waals surface area contributed by atoms with E-state index >= 15 is 0 Å². The van der Waals surface area contributed by atoms with Crippen LogP contribution in [0.5, 0.6) is 0 Å². The van der Waals surface area contributed by atoms with E-state index < -0.39 is 5.82 Å². The summed E-state index contributed by atoms with van der Waals surface area (Å²) in [4.78, 5) is 18.0. The minimum absolute atomic E-state index is 0.0241. The lowest BCUT2D eigenvalue weighted by atomic mass is 10.1. The molecule has 5 heteroatoms. The van der Waals surface area contributed by atoms with Crippen molar-refractivity contribution in [2.45, 2.75) is 26.4 Å². The molecule has 0 atom stereocenters. The van der Waals surface area contributed by atoms with Crippen molar-refractivity contribution >= 4 is 11.6 Å². The van der Waals surface area contributed by atoms with Crippen molar-refractivity contribution in [2.75, 3.05) is 5.73 Å². The van der Waals surface area contributed by atoms with Gasteiger partial charge in [0.05, 0.1) is 6.20 Å². The van der Waals surface area contributed by atoms with Gasteiger partial charge in [-0.25, -0.2) is 9.37 Å². The molecular formula is C16H18FN3O. The maximum atomic E-state index is 12.9. The van der Waals surface area contributed by atoms with E-state index in [1.54, 1.807) is 11.0 Å². The van der Waals surface area contributed by atoms with Crippen molar-refractivity contribution in [1.29, 1.82) is 0 Å². The van der Waals surface area contributed by atoms with Gasteiger partial charge in [0.1, 0.15) is 11.5 Å². The number of nitrogen functional groups attached to an aromatic ring is 1. The third-order valence-electron chi connectivity index (χ3n) is 3.23. The molecule has 1 aromatic carbocycles. The zero-order valence-corrected chi connectivity index (χ0v) is 12.1. The molecule has 4 nitrogen and oxygen atoms in total. The number of halogens is 1. The highest BCUT2D eigenvalue weighted by molar-refractivity contribution is 5.92. The Morgan fingerprint density at radius 2 is 2.00 bits per heavy atom. The Morgan fingerprint density at radius 3 is 2.57 bits per heavy atom. The Hall–Kier alpha value is -2.43. The van der Waals surface area contributed by atoms with Gasteiger partial charge >= 0.3 is 0 Å². The van der Waals surface area contributed by atoms with Crippen LogP contribution in [0.15, 0.2) is 42.6 Å². The van der Waals surface area contributed by atoms with E-state index in [0.717, 1.165) is 11.8 Å². The van der Waals surface area contributed by atoms with Crippen molar-refractivity contribution in [1.82, 2.24) is 9.88 Å². The van der Waals surface area contributed by atoms with Crippen molar-refractivity contribution in [3.63, 3.8) is 0 Å². The lowest BCUT2D eigenvalue weighted by Gasteiger charge is -2.27. The molecule has 2 N–H and O–H groups in total. The third kappa shape index (κ3) is 3.56. The van der Waals surface area contributed by atoms with Gasteiger partial charge in [-0.05, 0) is 37.6 Å². The van der Waals surface area contributed by atoms with Crippen LogP contribution in [0, 0.1) is 5.82 Å². The average molecular weight is 287 g/mol. The summed E-state index contributed by atoms with van der Waals surface area (Å²) in [5.74, 6) is -0.705. The van der Waals surface area contributed by atoms with E-state index in [9.17, 15) is 9.18 Å². The molecular weight excluding hydrogens is 269 g/mol. The standard InChI is InChI=1S/C16H18FN3O/c1-11(2)20(10-12-5-3-4-6-14(12)18)16(21)15-8-7-13(17)9-19-15/h3-9,11H,10,18H2,1-2H3. The first-order chi connectivity index (χ1) is 9.99. The van der Waals surface area contributed by atoms with Crippen molar-refractivity contribution in [3.05, 3.63) is 59.7 Å². The predicted molar refractivity (Wildman–Crippen MR) is 80.1 cm³/mol. The molecule has 21 heavy (non-hydrogen) atoms. The summed E-state index contributed by atoms with van der Waals surface area (Å²) < 4.78 is 12.9. The maximum absolute atomic E-state index is 12.9. The molecule has 0 unspecified atom stereocenters. The van der Waals surface area contributed by atoms with Gasteiger partial charge < -0.3 is 10.6 Å². The number of pyridine rings is 1. The molecule has 2 rings (SSSR count). The molecule has 0 aliphatic heterocycles. The molecule has 0 bridgehead atoms. The summed E-state index contributed by atoms with van der Waals surface area (Å²) in [7, 11) is 0. The highest BCUT2D eigenvalue weighted by atomic mass is 19.1. The van der Waals surface area contributed by atoms with Gasteiger partial charge in [-0.2, -0.15) is 0 Å². The SMILES string of the molecule is CC(C)N(Cc1ccccc1N)C(=O)c1ccc(F)cn1. The lowest BCUT2D eigenvalue weighted by molar-refractivity contribution is 0.0684. The summed E-state index contributed by atoms with van der Waals surface area (Å²) in [5.41, 5.74) is 7.66. The van der Waals surface area contributed by atoms with Crippen molar-refractivity contribution in [3.8, 4) is 0 Å². The summed E-state index contributed by atoms with van der Waals surface area (Å²) in [5, 5.41) is 0. The zero-order valence-electron chi connectivity index (χ0n) is 12.1. The monoisotopic (exact) mass is 287 g/mol. The van der Waals surface area contributed by atoms with Gasteiger partial charge in [-0.1, -0.05) is 18.2 Å². The van der Waals surface area contributed by atoms with Crippen LogP contribution < -0.4 is 5.73 Å². The van der Waals surface area contributed by atoms with Crippen LogP contribution in [0.1, 0.15) is 29.9 Å². The predicted octanol–water partition coefficient (Wildman–Crippen LogP) is 2.85. The quantitative estimate of drug-likeness (QED) is 0.880. The molecule has 0 saturated carbocycles. The fourth-order valence-electron chi connectivity index (χ4n) is 2.00. The molecule has 0 radical (unpaired) electrons. The molecule has 0 saturated heterocycles. The van der Waals surface area contributed by atoms with E-state index in [1.807, 2.05) is 32.0 Å². The first-order valence-corrected chi connectivity index (χ1v) is 6.75. The van der Waals surface area contributed by atoms with Crippen molar-refractivity contribution in [2.24, 2.45) is 0 Å². The van der Waals surface area contributed by atoms with E-state index in [2.05, 4.69) is 4.98 Å². The topological polar surface area (TPSA) is 59.2 Å². The number of hydrogen-bond donors (Lipinski definition) is 1. The fourth-order valence-corrected chi connectivity index (χ4v) is 2.00. The fraction of sp³-hybridized carbons (Fsp3) is 0.250. The smallest absolute Gasteiger partial charge is 0.272 e. The number of benzene rings is 1. The van der Waals surface area contributed by atoms with Crippen LogP contribution in [0.25, 0.3) is 0 Å². The van der Waals surface area contributed by atoms with Gasteiger partial charge in [-0.3, -0.25) is 4.79 Å². The Balaban J connectivity index is 2.25. The maximum Gasteiger partial charge on any atom is 0.272 e. The lowest BCUT2D eigenvalue weighted by Crippen LogP contribution is -2.37. The summed E-state index contributed by atoms with van der Waals surface area (Å²) >= 11 is 0. The molecule has 1 aromatic heterocycles. The van der Waals surface area contributed by atoms with Crippen LogP contribution in [-0.4, -0.2) is 21.8 Å². The van der Waals surface area contributed by atoms with Gasteiger partial charge in [0.2, 0.25) is 0 Å². The van der Waals surface area contributed by atoms with Crippen molar-refractivity contribution < 1.29 is 9.18 Å². The first kappa shape index (κ1) is 15.0. The number of aromatic nitrogens is 1. The summed E-state index contributed by atoms with van der Waals surface area (Å²) in [6, 6.07) is 10.0. The number of carbonyl (C=O) groups excluding carboxylic acids is 1. The minimum atomic E-state index is -0.463. The molecule has 2 aromatic rings. The second-order valence-corrected chi connectivity index (χ2v) is 5.09. The molecule has 110 valence electrons. The number of nitrogens with zero attached hydrogens (tertiary/aromatic N) is 2. The van der Waals surface area contributed by atoms with Crippen LogP contribution in [0.3, 0.4) is 0 Å². The number of rotatable bonds is 4. The second kappa shape index (κ2) is 6.35. The average Bonchev–Trinajstić information content (AvgIpc) is 2.46. The van der Waals surface area contributed by atoms with Gasteiger partial charge in [0.25, 0.3) is 5.91 Å². The Labute approximate surface area is 123 Å². The molecule has 1 heterocycles. The van der Waals surface area contributed by atoms with E-state index in [1.165, 1.54) is 12.1 Å². The van der Waals surface area contributed by atoms with Gasteiger partial charge in [-0.15, -0.1) is 0 Å². The van der Waals surface area contributed by atoms with E-state index in [4.69, 9.17) is 5.73 Å². The van der Waals surface area contributed by atoms with Crippen LogP contribution in [0.4, 0.5) is 10.1 Å². The third-order valence-corrected chi connectivity index (χ3v) is 3.23. The molecule has 0 aliphatic carbocycles. The van der Waals surface area contributed by atoms with E-state index in [-0.39, 0.29) is 17.6 Å². The Bertz CT molecular complexity index is 626. The first-order valence-electron chi connectivity index (χ1n) is 6.75. The summed E-state index contributed by atoms with van der Waals surface area (Å²) in [6.07, 6.45) is 1.04. The molecule has 0 fully saturated rings. The van der Waals surface area contributed by atoms with Crippen LogP contribution in [-0.2, 0) is 6.54 Å². The van der Waals surface area contributed by atoms with Crippen LogP contribution in [0.2, 0.25) is 0 Å². The highest BCUT2D eigenvalue weighted by Crippen LogP contribution is 2.17. The number of para-hydroxylation sites is 1. The molecule has 0 spiro atoms. The second-order valence-electron chi connectivity index (χ2n) is 5.09. The van der Waals surface area contributed by atoms with Gasteiger partial charge in [0, 0.05) is 18.3 Å². The Kier molecular flexibility index (Phi) is 4.52. The zero-order chi connectivity index (χ0) is 15.4. The molecule has 1 amide bonds. The number of amides is 1. The number of hydrogen-bond acceptors (Lipinski definition) is 3. The van der Waals surface area contributed by atoms with E-state index in [0.29, 0.717) is 12.2 Å². The number of nitrogens with two attached hydrogens (primary N) is 1. The molecule has 0 aliphatic rings. The van der Waals surface area contributed by atoms with Crippen LogP contribution >= 0.6 is 0 Å². The summed E-state index contributed by atoms with van der Waals surface area (Å²) in [6.45, 7) is 4.23.